The smallest absolute Gasteiger partial charge is 0.306 e. The van der Waals surface area contributed by atoms with Crippen LogP contribution in [0.5, 0.6) is 0 Å². The number of hydrogen-bond donors (Lipinski definition) is 0. The van der Waals surface area contributed by atoms with Crippen LogP contribution < -0.4 is 4.89 Å². The lowest BCUT2D eigenvalue weighted by Gasteiger charge is -2.28. The summed E-state index contributed by atoms with van der Waals surface area (Å²) in [6.07, 6.45) is 59.5. The highest BCUT2D eigenvalue weighted by Crippen LogP contribution is 2.38. The summed E-state index contributed by atoms with van der Waals surface area (Å²) in [4.78, 5) is 25.2. The molecule has 0 heterocycles. The molecule has 0 rings (SSSR count). The molecule has 2 atom stereocenters. The van der Waals surface area contributed by atoms with Crippen LogP contribution in [0.3, 0.4) is 0 Å². The first-order valence-electron chi connectivity index (χ1n) is 26.0. The molecule has 0 saturated heterocycles. The zero-order valence-corrected chi connectivity index (χ0v) is 42.7. The lowest BCUT2D eigenvalue weighted by molar-refractivity contribution is -0.870. The van der Waals surface area contributed by atoms with E-state index in [0.29, 0.717) is 24.1 Å². The molecule has 63 heavy (non-hydrogen) atoms. The lowest BCUT2D eigenvalue weighted by atomic mass is 10.1. The number of quaternary nitrogens is 1. The first-order chi connectivity index (χ1) is 30.6. The molecule has 0 aromatic heterocycles. The van der Waals surface area contributed by atoms with Crippen molar-refractivity contribution in [2.24, 2.45) is 0 Å². The number of hydrogen-bond acceptors (Lipinski definition) is 7. The maximum absolute atomic E-state index is 12.8. The van der Waals surface area contributed by atoms with Gasteiger partial charge in [-0.25, -0.2) is 0 Å². The predicted octanol–water partition coefficient (Wildman–Crippen LogP) is 15.4. The molecular weight excluding hydrogens is 806 g/mol. The molecule has 0 aromatic carbocycles. The van der Waals surface area contributed by atoms with Gasteiger partial charge in [0.15, 0.2) is 0 Å². The van der Waals surface area contributed by atoms with E-state index in [2.05, 4.69) is 74.6 Å². The Morgan fingerprint density at radius 3 is 1.40 bits per heavy atom. The van der Waals surface area contributed by atoms with Crippen molar-refractivity contribution in [1.29, 1.82) is 0 Å². The maximum Gasteiger partial charge on any atom is 0.306 e. The molecule has 0 bridgehead atoms. The van der Waals surface area contributed by atoms with E-state index in [1.165, 1.54) is 135 Å². The summed E-state index contributed by atoms with van der Waals surface area (Å²) in [5, 5.41) is 0. The van der Waals surface area contributed by atoms with Crippen molar-refractivity contribution >= 4 is 13.8 Å². The van der Waals surface area contributed by atoms with Gasteiger partial charge in [-0.3, -0.25) is 9.36 Å². The zero-order valence-electron chi connectivity index (χ0n) is 41.8. The van der Waals surface area contributed by atoms with Crippen molar-refractivity contribution in [2.45, 2.75) is 225 Å². The summed E-state index contributed by atoms with van der Waals surface area (Å²) in [7, 11) is 1.35. The van der Waals surface area contributed by atoms with Crippen molar-refractivity contribution < 1.29 is 37.3 Å². The SMILES string of the molecule is CC/C=C\C/C=C\C/C=C\C/C=C\CCCCCCCCCCC(=O)OC(COCCCCCCCCCCCC/C=C\CCCCCCCC)COP(=O)([O-])OCC[N+](C)(C)C. The van der Waals surface area contributed by atoms with Crippen molar-refractivity contribution in [3.63, 3.8) is 0 Å². The van der Waals surface area contributed by atoms with E-state index in [1.807, 2.05) is 21.1 Å². The van der Waals surface area contributed by atoms with Crippen LogP contribution in [0.1, 0.15) is 219 Å². The van der Waals surface area contributed by atoms with Gasteiger partial charge < -0.3 is 27.9 Å². The Morgan fingerprint density at radius 1 is 0.508 bits per heavy atom. The van der Waals surface area contributed by atoms with Gasteiger partial charge in [-0.05, 0) is 77.0 Å². The second kappa shape index (κ2) is 46.7. The Hall–Kier alpha value is -1.80. The number of nitrogens with zero attached hydrogens (tertiary/aromatic N) is 1. The third-order valence-electron chi connectivity index (χ3n) is 11.1. The van der Waals surface area contributed by atoms with E-state index in [0.717, 1.165) is 64.2 Å². The van der Waals surface area contributed by atoms with Crippen LogP contribution in [0.4, 0.5) is 0 Å². The maximum atomic E-state index is 12.8. The number of phosphoric ester groups is 1. The van der Waals surface area contributed by atoms with Gasteiger partial charge in [0.1, 0.15) is 19.3 Å². The number of unbranched alkanes of at least 4 members (excludes halogenated alkanes) is 24. The van der Waals surface area contributed by atoms with Gasteiger partial charge in [0.2, 0.25) is 0 Å². The average molecular weight is 906 g/mol. The van der Waals surface area contributed by atoms with Gasteiger partial charge in [0.05, 0.1) is 34.4 Å². The van der Waals surface area contributed by atoms with Crippen LogP contribution in [-0.4, -0.2) is 70.7 Å². The molecule has 9 heteroatoms. The van der Waals surface area contributed by atoms with E-state index in [4.69, 9.17) is 18.5 Å². The summed E-state index contributed by atoms with van der Waals surface area (Å²) >= 11 is 0. The Kier molecular flexibility index (Phi) is 45.4. The molecule has 0 amide bonds. The number of carbonyl (C=O) groups is 1. The highest BCUT2D eigenvalue weighted by molar-refractivity contribution is 7.45. The summed E-state index contributed by atoms with van der Waals surface area (Å²) in [5.41, 5.74) is 0. The lowest BCUT2D eigenvalue weighted by Crippen LogP contribution is -2.37. The van der Waals surface area contributed by atoms with Crippen LogP contribution >= 0.6 is 7.82 Å². The fourth-order valence-corrected chi connectivity index (χ4v) is 7.79. The third kappa shape index (κ3) is 51.1. The molecule has 368 valence electrons. The molecule has 0 fully saturated rings. The molecule has 0 saturated carbocycles. The Labute approximate surface area is 390 Å². The minimum atomic E-state index is -4.54. The van der Waals surface area contributed by atoms with Gasteiger partial charge >= 0.3 is 5.97 Å². The van der Waals surface area contributed by atoms with Gasteiger partial charge in [-0.1, -0.05) is 197 Å². The quantitative estimate of drug-likeness (QED) is 0.0197. The normalized spacial score (nSPS) is 14.1. The Balaban J connectivity index is 4.16. The summed E-state index contributed by atoms with van der Waals surface area (Å²) < 4.78 is 34.8. The molecule has 2 unspecified atom stereocenters. The highest BCUT2D eigenvalue weighted by atomic mass is 31.2. The van der Waals surface area contributed by atoms with Gasteiger partial charge in [0, 0.05) is 13.0 Å². The van der Waals surface area contributed by atoms with Crippen molar-refractivity contribution in [3.05, 3.63) is 60.8 Å². The van der Waals surface area contributed by atoms with E-state index in [-0.39, 0.29) is 25.8 Å². The second-order valence-corrected chi connectivity index (χ2v) is 19.9. The molecule has 8 nitrogen and oxygen atoms in total. The molecule has 0 N–H and O–H groups in total. The zero-order chi connectivity index (χ0) is 46.2. The number of likely N-dealkylation sites (N-methyl/N-ethyl adjacent to an activating group) is 1. The van der Waals surface area contributed by atoms with E-state index in [9.17, 15) is 14.3 Å². The van der Waals surface area contributed by atoms with Gasteiger partial charge in [0.25, 0.3) is 7.82 Å². The van der Waals surface area contributed by atoms with Crippen LogP contribution in [0, 0.1) is 0 Å². The number of allylic oxidation sites excluding steroid dienone is 10. The summed E-state index contributed by atoms with van der Waals surface area (Å²) in [6, 6.07) is 0. The van der Waals surface area contributed by atoms with Crippen LogP contribution in [0.2, 0.25) is 0 Å². The molecule has 0 spiro atoms. The van der Waals surface area contributed by atoms with E-state index < -0.39 is 13.9 Å². The van der Waals surface area contributed by atoms with Crippen LogP contribution in [-0.2, 0) is 27.9 Å². The number of rotatable bonds is 48. The predicted molar refractivity (Wildman–Crippen MR) is 268 cm³/mol. The fraction of sp³-hybridized carbons (Fsp3) is 0.796. The number of esters is 1. The molecule has 0 aromatic rings. The first-order valence-corrected chi connectivity index (χ1v) is 27.5. The first kappa shape index (κ1) is 61.2. The molecule has 0 aliphatic heterocycles. The Bertz CT molecular complexity index is 1190. The van der Waals surface area contributed by atoms with Crippen molar-refractivity contribution in [2.75, 3.05) is 54.1 Å². The van der Waals surface area contributed by atoms with Crippen LogP contribution in [0.25, 0.3) is 0 Å². The number of phosphoric acid groups is 1. The number of carbonyl (C=O) groups excluding carboxylic acids is 1. The van der Waals surface area contributed by atoms with E-state index >= 15 is 0 Å². The highest BCUT2D eigenvalue weighted by Gasteiger charge is 2.20. The minimum absolute atomic E-state index is 0.0223. The summed E-state index contributed by atoms with van der Waals surface area (Å²) in [6.45, 7) is 5.30. The van der Waals surface area contributed by atoms with Gasteiger partial charge in [-0.2, -0.15) is 0 Å². The average Bonchev–Trinajstić information content (AvgIpc) is 3.24. The molecule has 0 aliphatic rings. The number of ether oxygens (including phenoxy) is 2. The largest absolute Gasteiger partial charge is 0.756 e. The van der Waals surface area contributed by atoms with E-state index in [1.54, 1.807) is 0 Å². The molecule has 0 aliphatic carbocycles. The summed E-state index contributed by atoms with van der Waals surface area (Å²) in [5.74, 6) is -0.342. The Morgan fingerprint density at radius 2 is 0.921 bits per heavy atom. The topological polar surface area (TPSA) is 94.1 Å². The molecule has 0 radical (unpaired) electrons. The second-order valence-electron chi connectivity index (χ2n) is 18.5. The monoisotopic (exact) mass is 906 g/mol. The van der Waals surface area contributed by atoms with Crippen molar-refractivity contribution in [3.8, 4) is 0 Å². The third-order valence-corrected chi connectivity index (χ3v) is 12.0. The van der Waals surface area contributed by atoms with Gasteiger partial charge in [-0.15, -0.1) is 0 Å². The van der Waals surface area contributed by atoms with Crippen molar-refractivity contribution in [1.82, 2.24) is 0 Å². The van der Waals surface area contributed by atoms with Crippen LogP contribution in [0.15, 0.2) is 60.8 Å². The minimum Gasteiger partial charge on any atom is -0.756 e. The fourth-order valence-electron chi connectivity index (χ4n) is 7.06. The molecular formula is C54H100NO7P. The standard InChI is InChI=1S/C54H100NO7P/c1-6-8-10-12-14-16-18-20-22-24-26-28-29-31-33-35-37-39-41-43-45-47-54(56)62-53(52-61-63(57,58)60-50-48-55(3,4)5)51-59-49-46-44-42-40-38-36-34-32-30-27-25-23-21-19-17-15-13-11-9-7-2/h8,10,14,16,20-23,26,28,53H,6-7,9,11-13,15,17-19,24-25,27,29-52H2,1-5H3/b10-8-,16-14-,22-20-,23-21-,28-26-.